The molecule has 1 unspecified atom stereocenters. The molecule has 0 aliphatic rings. The van der Waals surface area contributed by atoms with Gasteiger partial charge in [-0.1, -0.05) is 110 Å². The van der Waals surface area contributed by atoms with Gasteiger partial charge in [-0.05, 0) is 13.3 Å². The summed E-state index contributed by atoms with van der Waals surface area (Å²) in [6.45, 7) is 4.66. The molecule has 0 amide bonds. The van der Waals surface area contributed by atoms with Gasteiger partial charge < -0.3 is 4.74 Å². The Morgan fingerprint density at radius 3 is 1.38 bits per heavy atom. The number of carbonyl (C=O) groups is 1. The van der Waals surface area contributed by atoms with E-state index in [1.807, 2.05) is 6.92 Å². The monoisotopic (exact) mass is 388 g/mol. The molecule has 0 aromatic rings. The van der Waals surface area contributed by atoms with Crippen LogP contribution in [-0.4, -0.2) is 18.0 Å². The summed E-state index contributed by atoms with van der Waals surface area (Å²) in [5.74, 6) is -0.163. The van der Waals surface area contributed by atoms with Crippen LogP contribution in [0.2, 0.25) is 0 Å². The van der Waals surface area contributed by atoms with Crippen molar-refractivity contribution in [3.05, 3.63) is 0 Å². The Kier molecular flexibility index (Phi) is 20.9. The molecule has 0 aromatic heterocycles. The minimum absolute atomic E-state index is 0.127. The summed E-state index contributed by atoms with van der Waals surface area (Å²) < 4.78 is 5.15. The molecule has 26 heavy (non-hydrogen) atoms. The lowest BCUT2D eigenvalue weighted by molar-refractivity contribution is -0.143. The van der Waals surface area contributed by atoms with E-state index in [-0.39, 0.29) is 11.3 Å². The topological polar surface area (TPSA) is 26.3 Å². The van der Waals surface area contributed by atoms with Crippen molar-refractivity contribution >= 4 is 17.6 Å². The maximum atomic E-state index is 11.3. The fraction of sp³-hybridized carbons (Fsp3) is 0.957. The lowest BCUT2D eigenvalue weighted by Crippen LogP contribution is -2.10. The van der Waals surface area contributed by atoms with E-state index >= 15 is 0 Å². The van der Waals surface area contributed by atoms with Crippen LogP contribution in [0.5, 0.6) is 0 Å². The first-order valence-electron chi connectivity index (χ1n) is 11.5. The van der Waals surface area contributed by atoms with Crippen molar-refractivity contribution < 1.29 is 9.53 Å². The second-order valence-corrected chi connectivity index (χ2v) is 8.61. The van der Waals surface area contributed by atoms with Crippen molar-refractivity contribution in [2.75, 3.05) is 6.61 Å². The number of ether oxygens (including phenoxy) is 1. The molecule has 0 fully saturated rings. The Morgan fingerprint density at radius 2 is 1.04 bits per heavy atom. The van der Waals surface area contributed by atoms with Gasteiger partial charge >= 0.3 is 5.97 Å². The van der Waals surface area contributed by atoms with E-state index in [0.717, 1.165) is 6.42 Å². The van der Waals surface area contributed by atoms with Crippen LogP contribution in [0.4, 0.5) is 0 Å². The molecule has 0 radical (unpaired) electrons. The molecule has 0 saturated carbocycles. The van der Waals surface area contributed by atoms with Crippen LogP contribution in [0.25, 0.3) is 0 Å². The molecule has 0 saturated heterocycles. The summed E-state index contributed by atoms with van der Waals surface area (Å²) in [5.41, 5.74) is 0. The zero-order valence-electron chi connectivity index (χ0n) is 17.7. The van der Waals surface area contributed by atoms with Crippen molar-refractivity contribution in [1.82, 2.24) is 0 Å². The lowest BCUT2D eigenvalue weighted by Gasteiger charge is -2.06. The molecule has 0 rings (SSSR count). The predicted molar refractivity (Wildman–Crippen MR) is 115 cm³/mol. The van der Waals surface area contributed by atoms with Gasteiger partial charge in [-0.2, -0.15) is 0 Å². The number of halogens is 1. The molecule has 2 nitrogen and oxygen atoms in total. The summed E-state index contributed by atoms with van der Waals surface area (Å²) in [5, 5.41) is -0.127. The number of hydrogen-bond donors (Lipinski definition) is 0. The fourth-order valence-corrected chi connectivity index (χ4v) is 3.43. The van der Waals surface area contributed by atoms with Crippen molar-refractivity contribution in [3.8, 4) is 0 Å². The highest BCUT2D eigenvalue weighted by Crippen LogP contribution is 2.14. The van der Waals surface area contributed by atoms with Crippen LogP contribution in [0.15, 0.2) is 0 Å². The molecule has 0 aromatic carbocycles. The van der Waals surface area contributed by atoms with Gasteiger partial charge in [-0.3, -0.25) is 4.79 Å². The zero-order valence-corrected chi connectivity index (χ0v) is 18.5. The fourth-order valence-electron chi connectivity index (χ4n) is 3.30. The van der Waals surface area contributed by atoms with E-state index < -0.39 is 0 Å². The Hall–Kier alpha value is -0.240. The predicted octanol–water partition coefficient (Wildman–Crippen LogP) is 8.20. The van der Waals surface area contributed by atoms with Gasteiger partial charge in [0.2, 0.25) is 0 Å². The van der Waals surface area contributed by atoms with Gasteiger partial charge in [0, 0.05) is 5.38 Å². The second-order valence-electron chi connectivity index (χ2n) is 7.86. The van der Waals surface area contributed by atoms with Gasteiger partial charge in [0.05, 0.1) is 13.0 Å². The number of rotatable bonds is 20. The highest BCUT2D eigenvalue weighted by atomic mass is 35.5. The largest absolute Gasteiger partial charge is 0.466 e. The van der Waals surface area contributed by atoms with Crippen molar-refractivity contribution in [1.29, 1.82) is 0 Å². The summed E-state index contributed by atoms with van der Waals surface area (Å²) in [4.78, 5) is 11.3. The average Bonchev–Trinajstić information content (AvgIpc) is 2.60. The van der Waals surface area contributed by atoms with E-state index in [9.17, 15) is 4.79 Å². The van der Waals surface area contributed by atoms with E-state index in [4.69, 9.17) is 16.3 Å². The van der Waals surface area contributed by atoms with E-state index in [1.54, 1.807) is 0 Å². The average molecular weight is 389 g/mol. The Bertz CT molecular complexity index is 292. The van der Waals surface area contributed by atoms with Crippen LogP contribution in [-0.2, 0) is 9.53 Å². The van der Waals surface area contributed by atoms with Gasteiger partial charge in [0.25, 0.3) is 0 Å². The minimum Gasteiger partial charge on any atom is -0.466 e. The van der Waals surface area contributed by atoms with Gasteiger partial charge in [0.1, 0.15) is 0 Å². The van der Waals surface area contributed by atoms with E-state index in [1.165, 1.54) is 103 Å². The number of hydrogen-bond acceptors (Lipinski definition) is 2. The molecular formula is C23H45ClO2. The molecule has 0 aliphatic heterocycles. The van der Waals surface area contributed by atoms with Gasteiger partial charge in [0.15, 0.2) is 0 Å². The third kappa shape index (κ3) is 21.8. The van der Waals surface area contributed by atoms with Gasteiger partial charge in [-0.25, -0.2) is 0 Å². The maximum absolute atomic E-state index is 11.3. The van der Waals surface area contributed by atoms with Crippen molar-refractivity contribution in [3.63, 3.8) is 0 Å². The number of carbonyl (C=O) groups excluding carboxylic acids is 1. The normalized spacial score (nSPS) is 12.3. The lowest BCUT2D eigenvalue weighted by atomic mass is 10.0. The van der Waals surface area contributed by atoms with Gasteiger partial charge in [-0.15, -0.1) is 11.6 Å². The maximum Gasteiger partial charge on any atom is 0.307 e. The Labute approximate surface area is 168 Å². The quantitative estimate of drug-likeness (QED) is 0.119. The summed E-state index contributed by atoms with van der Waals surface area (Å²) in [7, 11) is 0. The van der Waals surface area contributed by atoms with E-state index in [0.29, 0.717) is 13.0 Å². The summed E-state index contributed by atoms with van der Waals surface area (Å²) in [6.07, 6.45) is 23.5. The summed E-state index contributed by atoms with van der Waals surface area (Å²) >= 11 is 5.76. The van der Waals surface area contributed by atoms with Crippen LogP contribution in [0.3, 0.4) is 0 Å². The molecule has 1 atom stereocenters. The first-order valence-corrected chi connectivity index (χ1v) is 11.9. The van der Waals surface area contributed by atoms with Crippen LogP contribution >= 0.6 is 11.6 Å². The molecule has 0 spiro atoms. The minimum atomic E-state index is -0.163. The highest BCUT2D eigenvalue weighted by molar-refractivity contribution is 6.21. The third-order valence-electron chi connectivity index (χ3n) is 4.96. The third-order valence-corrected chi connectivity index (χ3v) is 5.11. The Balaban J connectivity index is 3.06. The number of alkyl halides is 1. The van der Waals surface area contributed by atoms with E-state index in [2.05, 4.69) is 6.92 Å². The Morgan fingerprint density at radius 1 is 0.692 bits per heavy atom. The molecule has 0 N–H and O–H groups in total. The molecule has 0 aliphatic carbocycles. The molecule has 0 heterocycles. The first kappa shape index (κ1) is 25.8. The highest BCUT2D eigenvalue weighted by Gasteiger charge is 2.06. The molecule has 3 heteroatoms. The van der Waals surface area contributed by atoms with Crippen LogP contribution in [0.1, 0.15) is 129 Å². The van der Waals surface area contributed by atoms with Crippen molar-refractivity contribution in [2.24, 2.45) is 0 Å². The number of unbranched alkanes of at least 4 members (excludes halogenated alkanes) is 16. The first-order chi connectivity index (χ1) is 12.7. The van der Waals surface area contributed by atoms with Crippen LogP contribution < -0.4 is 0 Å². The standard InChI is InChI=1S/C23H45ClO2/c1-3-4-5-6-7-8-9-10-11-12-13-14-15-16-17-18-19-20-26-23(25)21-22(2)24/h22H,3-21H2,1-2H3. The van der Waals surface area contributed by atoms with Crippen molar-refractivity contribution in [2.45, 2.75) is 135 Å². The van der Waals surface area contributed by atoms with Crippen LogP contribution in [0, 0.1) is 0 Å². The molecular weight excluding hydrogens is 344 g/mol. The smallest absolute Gasteiger partial charge is 0.307 e. The zero-order chi connectivity index (χ0) is 19.3. The second kappa shape index (κ2) is 21.1. The molecule has 0 bridgehead atoms. The number of esters is 1. The summed E-state index contributed by atoms with van der Waals surface area (Å²) in [6, 6.07) is 0. The SMILES string of the molecule is CCCCCCCCCCCCCCCCCCCOC(=O)CC(C)Cl. The molecule has 156 valence electrons.